The highest BCUT2D eigenvalue weighted by Gasteiger charge is 2.12. The Hall–Kier alpha value is -2.88. The van der Waals surface area contributed by atoms with Gasteiger partial charge in [0.05, 0.1) is 9.79 Å². The van der Waals surface area contributed by atoms with Crippen molar-refractivity contribution in [1.29, 1.82) is 0 Å². The maximum absolute atomic E-state index is 11.5. The van der Waals surface area contributed by atoms with Gasteiger partial charge in [0.15, 0.2) is 9.84 Å². The summed E-state index contributed by atoms with van der Waals surface area (Å²) >= 11 is 0. The number of hydrogen-bond acceptors (Lipinski definition) is 6. The van der Waals surface area contributed by atoms with E-state index in [9.17, 15) is 16.8 Å². The van der Waals surface area contributed by atoms with Crippen LogP contribution in [-0.2, 0) is 19.9 Å². The molecule has 0 unspecified atom stereocenters. The van der Waals surface area contributed by atoms with Gasteiger partial charge in [0, 0.05) is 41.8 Å². The van der Waals surface area contributed by atoms with Crippen molar-refractivity contribution in [2.75, 3.05) is 6.26 Å². The van der Waals surface area contributed by atoms with Crippen molar-refractivity contribution in [3.63, 3.8) is 0 Å². The maximum Gasteiger partial charge on any atom is 0.238 e. The average molecular weight is 444 g/mol. The van der Waals surface area contributed by atoms with E-state index < -0.39 is 19.9 Å². The molecule has 7 nitrogen and oxygen atoms in total. The Bertz CT molecular complexity index is 1350. The van der Waals surface area contributed by atoms with Gasteiger partial charge in [-0.15, -0.1) is 0 Å². The van der Waals surface area contributed by atoms with E-state index in [4.69, 9.17) is 5.14 Å². The van der Waals surface area contributed by atoms with Crippen molar-refractivity contribution >= 4 is 41.4 Å². The van der Waals surface area contributed by atoms with Crippen molar-refractivity contribution in [3.8, 4) is 0 Å². The van der Waals surface area contributed by atoms with E-state index in [1.165, 1.54) is 6.26 Å². The van der Waals surface area contributed by atoms with E-state index in [1.807, 2.05) is 18.2 Å². The van der Waals surface area contributed by atoms with Crippen LogP contribution < -0.4 is 5.14 Å². The fourth-order valence-electron chi connectivity index (χ4n) is 3.16. The Morgan fingerprint density at radius 3 is 1.67 bits per heavy atom. The lowest BCUT2D eigenvalue weighted by Crippen LogP contribution is -2.13. The molecule has 0 bridgehead atoms. The first-order valence-electron chi connectivity index (χ1n) is 8.88. The van der Waals surface area contributed by atoms with Gasteiger partial charge in [-0.2, -0.15) is 0 Å². The van der Waals surface area contributed by atoms with Crippen LogP contribution in [0.2, 0.25) is 0 Å². The van der Waals surface area contributed by atoms with Crippen molar-refractivity contribution in [1.82, 2.24) is 9.97 Å². The smallest absolute Gasteiger partial charge is 0.238 e. The quantitative estimate of drug-likeness (QED) is 0.508. The van der Waals surface area contributed by atoms with Crippen molar-refractivity contribution in [2.24, 2.45) is 5.14 Å². The van der Waals surface area contributed by atoms with E-state index >= 15 is 0 Å². The molecule has 4 rings (SSSR count). The summed E-state index contributed by atoms with van der Waals surface area (Å²) in [6.07, 6.45) is 7.89. The summed E-state index contributed by atoms with van der Waals surface area (Å²) in [5.74, 6) is 0. The Balaban J connectivity index is 0.000000171. The second-order valence-corrected chi connectivity index (χ2v) is 10.5. The molecular formula is C21H21N3O4S2. The van der Waals surface area contributed by atoms with Crippen LogP contribution in [0.4, 0.5) is 0 Å². The van der Waals surface area contributed by atoms with Crippen molar-refractivity contribution in [3.05, 3.63) is 72.3 Å². The van der Waals surface area contributed by atoms with Crippen molar-refractivity contribution < 1.29 is 16.8 Å². The predicted molar refractivity (Wildman–Crippen MR) is 117 cm³/mol. The summed E-state index contributed by atoms with van der Waals surface area (Å²) in [5.41, 5.74) is 1.41. The molecule has 2 heterocycles. The summed E-state index contributed by atoms with van der Waals surface area (Å²) < 4.78 is 45.5. The molecule has 2 N–H and O–H groups in total. The summed E-state index contributed by atoms with van der Waals surface area (Å²) in [7, 11) is -6.80. The monoisotopic (exact) mass is 443 g/mol. The van der Waals surface area contributed by atoms with Crippen LogP contribution in [0.3, 0.4) is 0 Å². The van der Waals surface area contributed by atoms with E-state index in [1.54, 1.807) is 56.8 Å². The molecule has 0 aliphatic carbocycles. The van der Waals surface area contributed by atoms with Gasteiger partial charge in [-0.05, 0) is 72.1 Å². The van der Waals surface area contributed by atoms with Crippen LogP contribution in [0.15, 0.2) is 71.0 Å². The summed E-state index contributed by atoms with van der Waals surface area (Å²) in [6, 6.07) is 10.5. The Morgan fingerprint density at radius 2 is 1.13 bits per heavy atom. The molecule has 2 aromatic carbocycles. The third kappa shape index (κ3) is 4.81. The number of sulfonamides is 1. The Labute approximate surface area is 175 Å². The van der Waals surface area contributed by atoms with Gasteiger partial charge in [0.2, 0.25) is 10.0 Å². The molecule has 0 saturated heterocycles. The largest absolute Gasteiger partial charge is 0.264 e. The first-order chi connectivity index (χ1) is 14.0. The van der Waals surface area contributed by atoms with E-state index in [0.717, 1.165) is 27.1 Å². The third-order valence-corrected chi connectivity index (χ3v) is 6.87. The second kappa shape index (κ2) is 8.10. The number of fused-ring (bicyclic) bond motifs is 2. The lowest BCUT2D eigenvalue weighted by Gasteiger charge is -2.05. The van der Waals surface area contributed by atoms with Gasteiger partial charge >= 0.3 is 0 Å². The number of aromatic nitrogens is 2. The number of primary sulfonamides is 1. The molecule has 30 heavy (non-hydrogen) atoms. The van der Waals surface area contributed by atoms with Gasteiger partial charge in [-0.3, -0.25) is 9.97 Å². The van der Waals surface area contributed by atoms with E-state index in [-0.39, 0.29) is 4.90 Å². The van der Waals surface area contributed by atoms with Gasteiger partial charge < -0.3 is 0 Å². The molecule has 156 valence electrons. The summed E-state index contributed by atoms with van der Waals surface area (Å²) in [5, 5.41) is 8.68. The molecule has 0 spiro atoms. The average Bonchev–Trinajstić information content (AvgIpc) is 2.65. The molecule has 0 aliphatic rings. The number of aryl methyl sites for hydroxylation is 2. The molecule has 0 amide bonds. The lowest BCUT2D eigenvalue weighted by molar-refractivity contribution is 0.596. The van der Waals surface area contributed by atoms with Gasteiger partial charge in [0.1, 0.15) is 0 Å². The van der Waals surface area contributed by atoms with Crippen LogP contribution in [0, 0.1) is 13.8 Å². The SMILES string of the molecule is Cc1cc2ccncc2cc1S(N)(=O)=O.Cc1cc2cnccc2cc1S(C)(=O)=O. The van der Waals surface area contributed by atoms with Crippen LogP contribution >= 0.6 is 0 Å². The molecule has 0 atom stereocenters. The predicted octanol–water partition coefficient (Wildman–Crippen LogP) is 3.14. The number of sulfone groups is 1. The zero-order valence-electron chi connectivity index (χ0n) is 16.7. The Morgan fingerprint density at radius 1 is 0.700 bits per heavy atom. The second-order valence-electron chi connectivity index (χ2n) is 7.00. The number of benzene rings is 2. The van der Waals surface area contributed by atoms with E-state index in [2.05, 4.69) is 9.97 Å². The third-order valence-electron chi connectivity index (χ3n) is 4.57. The highest BCUT2D eigenvalue weighted by atomic mass is 32.2. The van der Waals surface area contributed by atoms with Gasteiger partial charge in [0.25, 0.3) is 0 Å². The highest BCUT2D eigenvalue weighted by molar-refractivity contribution is 7.90. The number of nitrogens with two attached hydrogens (primary N) is 1. The normalized spacial score (nSPS) is 11.9. The minimum absolute atomic E-state index is 0.156. The van der Waals surface area contributed by atoms with Gasteiger partial charge in [-0.25, -0.2) is 22.0 Å². The summed E-state index contributed by atoms with van der Waals surface area (Å²) in [6.45, 7) is 3.52. The van der Waals surface area contributed by atoms with E-state index in [0.29, 0.717) is 10.5 Å². The van der Waals surface area contributed by atoms with Crippen LogP contribution in [0.1, 0.15) is 11.1 Å². The highest BCUT2D eigenvalue weighted by Crippen LogP contribution is 2.23. The molecule has 9 heteroatoms. The first-order valence-corrected chi connectivity index (χ1v) is 12.3. The standard InChI is InChI=1S/C11H11NO2S.C10H10N2O2S/c1-8-5-10-7-12-4-3-9(10)6-11(8)15(2,13)14;1-7-4-8-2-3-12-6-9(8)5-10(7)15(11,13)14/h3-7H,1-2H3;2-6H,1H3,(H2,11,13,14). The number of rotatable bonds is 2. The molecule has 0 radical (unpaired) electrons. The molecule has 0 fully saturated rings. The lowest BCUT2D eigenvalue weighted by atomic mass is 10.1. The Kier molecular flexibility index (Phi) is 5.89. The molecule has 4 aromatic rings. The van der Waals surface area contributed by atoms with Crippen molar-refractivity contribution in [2.45, 2.75) is 23.6 Å². The van der Waals surface area contributed by atoms with Crippen LogP contribution in [0.5, 0.6) is 0 Å². The minimum atomic E-state index is -3.65. The zero-order valence-corrected chi connectivity index (χ0v) is 18.3. The first kappa shape index (κ1) is 21.8. The molecule has 2 aromatic heterocycles. The van der Waals surface area contributed by atoms with Crippen LogP contribution in [-0.4, -0.2) is 33.1 Å². The topological polar surface area (TPSA) is 120 Å². The molecule has 0 saturated carbocycles. The number of nitrogens with zero attached hydrogens (tertiary/aromatic N) is 2. The molecule has 0 aliphatic heterocycles. The maximum atomic E-state index is 11.5. The fraction of sp³-hybridized carbons (Fsp3) is 0.143. The minimum Gasteiger partial charge on any atom is -0.264 e. The zero-order chi connectivity index (χ0) is 22.1. The number of hydrogen-bond donors (Lipinski definition) is 1. The number of pyridine rings is 2. The van der Waals surface area contributed by atoms with Gasteiger partial charge in [-0.1, -0.05) is 0 Å². The molecular weight excluding hydrogens is 422 g/mol. The summed E-state index contributed by atoms with van der Waals surface area (Å²) in [4.78, 5) is 8.47. The van der Waals surface area contributed by atoms with Crippen LogP contribution in [0.25, 0.3) is 21.5 Å². The fourth-order valence-corrected chi connectivity index (χ4v) is 4.95.